The summed E-state index contributed by atoms with van der Waals surface area (Å²) in [4.78, 5) is 11.4. The van der Waals surface area contributed by atoms with Crippen LogP contribution in [0, 0.1) is 0 Å². The van der Waals surface area contributed by atoms with Crippen LogP contribution in [-0.4, -0.2) is 51.0 Å². The van der Waals surface area contributed by atoms with E-state index >= 15 is 0 Å². The van der Waals surface area contributed by atoms with Gasteiger partial charge in [0.25, 0.3) is 0 Å². The van der Waals surface area contributed by atoms with E-state index in [1.807, 2.05) is 0 Å². The van der Waals surface area contributed by atoms with Crippen molar-refractivity contribution < 1.29 is 14.9 Å². The van der Waals surface area contributed by atoms with Gasteiger partial charge in [0, 0.05) is 0 Å². The lowest BCUT2D eigenvalue weighted by Gasteiger charge is -2.13. The lowest BCUT2D eigenvalue weighted by molar-refractivity contribution is 0.203. The molecule has 1 aromatic rings. The van der Waals surface area contributed by atoms with Crippen LogP contribution in [0.4, 0.5) is 11.9 Å². The number of aliphatic hydroxyl groups is 2. The van der Waals surface area contributed by atoms with E-state index in [1.165, 1.54) is 0 Å². The highest BCUT2D eigenvalue weighted by Gasteiger charge is 2.10. The molecule has 8 heteroatoms. The molecule has 1 aromatic heterocycles. The predicted octanol–water partition coefficient (Wildman–Crippen LogP) is -1.38. The Labute approximate surface area is 92.5 Å². The first-order valence-corrected chi connectivity index (χ1v) is 4.82. The summed E-state index contributed by atoms with van der Waals surface area (Å²) in [6, 6.07) is -0.441. The molecule has 0 unspecified atom stereocenters. The van der Waals surface area contributed by atoms with Crippen LogP contribution in [0.3, 0.4) is 0 Å². The summed E-state index contributed by atoms with van der Waals surface area (Å²) >= 11 is 0. The minimum Gasteiger partial charge on any atom is -0.464 e. The number of nitrogen functional groups attached to an aromatic ring is 1. The Balaban J connectivity index is 2.78. The molecule has 0 aliphatic heterocycles. The van der Waals surface area contributed by atoms with Crippen molar-refractivity contribution in [3.63, 3.8) is 0 Å². The number of anilines is 2. The Morgan fingerprint density at radius 2 is 2.00 bits per heavy atom. The van der Waals surface area contributed by atoms with Crippen molar-refractivity contribution in [3.8, 4) is 6.01 Å². The number of hydrogen-bond donors (Lipinski definition) is 4. The lowest BCUT2D eigenvalue weighted by atomic mass is 10.3. The summed E-state index contributed by atoms with van der Waals surface area (Å²) in [5.74, 6) is 0.166. The molecule has 1 heterocycles. The van der Waals surface area contributed by atoms with Crippen LogP contribution in [0.5, 0.6) is 6.01 Å². The number of nitrogens with zero attached hydrogens (tertiary/aromatic N) is 3. The van der Waals surface area contributed by atoms with Crippen LogP contribution >= 0.6 is 0 Å². The van der Waals surface area contributed by atoms with Gasteiger partial charge < -0.3 is 26.0 Å². The van der Waals surface area contributed by atoms with Crippen LogP contribution in [0.2, 0.25) is 0 Å². The molecule has 5 N–H and O–H groups in total. The van der Waals surface area contributed by atoms with Gasteiger partial charge in [0.2, 0.25) is 11.9 Å². The fourth-order valence-corrected chi connectivity index (χ4v) is 0.962. The van der Waals surface area contributed by atoms with Gasteiger partial charge in [-0.15, -0.1) is 0 Å². The SMILES string of the molecule is CCOc1nc(N)nc(NC(CO)CO)n1. The van der Waals surface area contributed by atoms with E-state index in [-0.39, 0.29) is 31.1 Å². The standard InChI is InChI=1S/C8H15N5O3/c1-2-16-8-12-6(9)11-7(13-8)10-5(3-14)4-15/h5,14-15H,2-4H2,1H3,(H3,9,10,11,12,13). The number of hydrogen-bond acceptors (Lipinski definition) is 8. The fourth-order valence-electron chi connectivity index (χ4n) is 0.962. The van der Waals surface area contributed by atoms with E-state index in [1.54, 1.807) is 6.92 Å². The van der Waals surface area contributed by atoms with Gasteiger partial charge in [0.1, 0.15) is 0 Å². The quantitative estimate of drug-likeness (QED) is 0.470. The second kappa shape index (κ2) is 6.03. The molecule has 0 aliphatic rings. The fraction of sp³-hybridized carbons (Fsp3) is 0.625. The maximum absolute atomic E-state index is 8.87. The third-order valence-corrected chi connectivity index (χ3v) is 1.68. The van der Waals surface area contributed by atoms with Crippen molar-refractivity contribution in [2.45, 2.75) is 13.0 Å². The van der Waals surface area contributed by atoms with Crippen LogP contribution < -0.4 is 15.8 Å². The summed E-state index contributed by atoms with van der Waals surface area (Å²) in [7, 11) is 0. The molecule has 0 aromatic carbocycles. The minimum atomic E-state index is -0.545. The van der Waals surface area contributed by atoms with E-state index in [4.69, 9.17) is 20.7 Å². The molecule has 90 valence electrons. The number of nitrogens with one attached hydrogen (secondary N) is 1. The Kier molecular flexibility index (Phi) is 4.67. The van der Waals surface area contributed by atoms with Gasteiger partial charge in [-0.05, 0) is 6.92 Å². The zero-order valence-electron chi connectivity index (χ0n) is 8.92. The number of nitrogens with two attached hydrogens (primary N) is 1. The van der Waals surface area contributed by atoms with E-state index in [9.17, 15) is 0 Å². The van der Waals surface area contributed by atoms with Gasteiger partial charge in [-0.25, -0.2) is 0 Å². The van der Waals surface area contributed by atoms with E-state index in [2.05, 4.69) is 20.3 Å². The molecule has 0 saturated carbocycles. The first-order valence-electron chi connectivity index (χ1n) is 4.82. The third kappa shape index (κ3) is 3.48. The Morgan fingerprint density at radius 3 is 2.56 bits per heavy atom. The number of aromatic nitrogens is 3. The van der Waals surface area contributed by atoms with Crippen molar-refractivity contribution in [2.24, 2.45) is 0 Å². The molecule has 0 aliphatic carbocycles. The van der Waals surface area contributed by atoms with Crippen molar-refractivity contribution in [1.82, 2.24) is 15.0 Å². The molecule has 0 bridgehead atoms. The molecule has 8 nitrogen and oxygen atoms in total. The summed E-state index contributed by atoms with van der Waals surface area (Å²) < 4.78 is 5.07. The molecular formula is C8H15N5O3. The zero-order chi connectivity index (χ0) is 12.0. The smallest absolute Gasteiger partial charge is 0.323 e. The van der Waals surface area contributed by atoms with Crippen LogP contribution in [0.15, 0.2) is 0 Å². The topological polar surface area (TPSA) is 126 Å². The second-order valence-electron chi connectivity index (χ2n) is 2.94. The monoisotopic (exact) mass is 229 g/mol. The van der Waals surface area contributed by atoms with Crippen LogP contribution in [-0.2, 0) is 0 Å². The van der Waals surface area contributed by atoms with Gasteiger partial charge in [0.15, 0.2) is 0 Å². The zero-order valence-corrected chi connectivity index (χ0v) is 8.92. The summed E-state index contributed by atoms with van der Waals surface area (Å²) in [6.07, 6.45) is 0. The highest BCUT2D eigenvalue weighted by molar-refractivity contribution is 5.33. The second-order valence-corrected chi connectivity index (χ2v) is 2.94. The van der Waals surface area contributed by atoms with Crippen molar-refractivity contribution in [1.29, 1.82) is 0 Å². The molecule has 0 fully saturated rings. The third-order valence-electron chi connectivity index (χ3n) is 1.68. The maximum Gasteiger partial charge on any atom is 0.323 e. The summed E-state index contributed by atoms with van der Waals surface area (Å²) in [5, 5.41) is 20.4. The lowest BCUT2D eigenvalue weighted by Crippen LogP contribution is -2.29. The largest absolute Gasteiger partial charge is 0.464 e. The highest BCUT2D eigenvalue weighted by Crippen LogP contribution is 2.09. The van der Waals surface area contributed by atoms with Crippen molar-refractivity contribution in [3.05, 3.63) is 0 Å². The van der Waals surface area contributed by atoms with Gasteiger partial charge in [-0.3, -0.25) is 0 Å². The first-order chi connectivity index (χ1) is 7.69. The van der Waals surface area contributed by atoms with Gasteiger partial charge >= 0.3 is 6.01 Å². The molecule has 0 radical (unpaired) electrons. The average molecular weight is 229 g/mol. The number of rotatable bonds is 6. The molecule has 0 amide bonds. The van der Waals surface area contributed by atoms with Gasteiger partial charge in [0.05, 0.1) is 25.9 Å². The Hall–Kier alpha value is -1.67. The number of ether oxygens (including phenoxy) is 1. The molecule has 0 spiro atoms. The Bertz CT molecular complexity index is 331. The summed E-state index contributed by atoms with van der Waals surface area (Å²) in [6.45, 7) is 1.71. The molecule has 0 atom stereocenters. The summed E-state index contributed by atoms with van der Waals surface area (Å²) in [5.41, 5.74) is 5.44. The molecule has 0 saturated heterocycles. The predicted molar refractivity (Wildman–Crippen MR) is 57.0 cm³/mol. The van der Waals surface area contributed by atoms with Crippen LogP contribution in [0.25, 0.3) is 0 Å². The van der Waals surface area contributed by atoms with Crippen molar-refractivity contribution in [2.75, 3.05) is 30.9 Å². The van der Waals surface area contributed by atoms with Gasteiger partial charge in [-0.2, -0.15) is 15.0 Å². The first kappa shape index (κ1) is 12.4. The number of aliphatic hydroxyl groups excluding tert-OH is 2. The molecule has 1 rings (SSSR count). The maximum atomic E-state index is 8.87. The molecule has 16 heavy (non-hydrogen) atoms. The van der Waals surface area contributed by atoms with Crippen molar-refractivity contribution >= 4 is 11.9 Å². The minimum absolute atomic E-state index is 0.00980. The van der Waals surface area contributed by atoms with E-state index in [0.717, 1.165) is 0 Å². The molecular weight excluding hydrogens is 214 g/mol. The van der Waals surface area contributed by atoms with Gasteiger partial charge in [-0.1, -0.05) is 0 Å². The normalized spacial score (nSPS) is 10.5. The van der Waals surface area contributed by atoms with E-state index < -0.39 is 6.04 Å². The van der Waals surface area contributed by atoms with E-state index in [0.29, 0.717) is 6.61 Å². The Morgan fingerprint density at radius 1 is 1.31 bits per heavy atom. The highest BCUT2D eigenvalue weighted by atomic mass is 16.5. The average Bonchev–Trinajstić information content (AvgIpc) is 2.25. The van der Waals surface area contributed by atoms with Crippen LogP contribution in [0.1, 0.15) is 6.92 Å².